The molecule has 2 fully saturated rings. The number of nitrogens with zero attached hydrogens (tertiary/aromatic N) is 1. The van der Waals surface area contributed by atoms with E-state index >= 15 is 0 Å². The van der Waals surface area contributed by atoms with Gasteiger partial charge in [0.1, 0.15) is 5.75 Å². The summed E-state index contributed by atoms with van der Waals surface area (Å²) in [6, 6.07) is 13.7. The first kappa shape index (κ1) is 23.9. The lowest BCUT2D eigenvalue weighted by Crippen LogP contribution is -2.60. The van der Waals surface area contributed by atoms with Gasteiger partial charge >= 0.3 is 5.97 Å². The van der Waals surface area contributed by atoms with Gasteiger partial charge in [-0.3, -0.25) is 9.69 Å². The van der Waals surface area contributed by atoms with E-state index in [-0.39, 0.29) is 11.3 Å². The van der Waals surface area contributed by atoms with Crippen molar-refractivity contribution in [3.8, 4) is 5.75 Å². The molecule has 1 saturated carbocycles. The van der Waals surface area contributed by atoms with Crippen molar-refractivity contribution in [2.24, 2.45) is 11.8 Å². The normalized spacial score (nSPS) is 25.5. The van der Waals surface area contributed by atoms with Crippen LogP contribution in [0.15, 0.2) is 42.5 Å². The Hall–Kier alpha value is -2.86. The fourth-order valence-electron chi connectivity index (χ4n) is 6.38. The van der Waals surface area contributed by atoms with Crippen molar-refractivity contribution >= 4 is 11.9 Å². The van der Waals surface area contributed by atoms with Crippen molar-refractivity contribution in [2.75, 3.05) is 33.9 Å². The van der Waals surface area contributed by atoms with Crippen molar-refractivity contribution in [1.82, 2.24) is 10.2 Å². The highest BCUT2D eigenvalue weighted by Gasteiger charge is 2.51. The number of amides is 1. The van der Waals surface area contributed by atoms with E-state index in [0.717, 1.165) is 37.5 Å². The van der Waals surface area contributed by atoms with E-state index in [1.165, 1.54) is 37.6 Å². The summed E-state index contributed by atoms with van der Waals surface area (Å²) >= 11 is 0. The van der Waals surface area contributed by atoms with E-state index in [2.05, 4.69) is 35.3 Å². The number of hydrogen-bond acceptors (Lipinski definition) is 5. The van der Waals surface area contributed by atoms with E-state index < -0.39 is 5.97 Å². The summed E-state index contributed by atoms with van der Waals surface area (Å²) in [6.45, 7) is 5.37. The summed E-state index contributed by atoms with van der Waals surface area (Å²) in [6.07, 6.45) is 5.84. The molecule has 2 bridgehead atoms. The molecule has 0 aromatic heterocycles. The molecule has 2 aliphatic carbocycles. The van der Waals surface area contributed by atoms with Gasteiger partial charge in [-0.05, 0) is 98.0 Å². The maximum Gasteiger partial charge on any atom is 0.337 e. The zero-order valence-electron chi connectivity index (χ0n) is 21.0. The molecular weight excluding hydrogens is 440 g/mol. The lowest BCUT2D eigenvalue weighted by molar-refractivity contribution is 0.0159. The Bertz CT molecular complexity index is 1090. The maximum absolute atomic E-state index is 12.9. The SMILES string of the molecule is COC(=O)c1ccc(C(=O)NCCC23CCN(CC4CC4)[C@H](Cc4ccc(OC)cc42)[C@@H]3C)cc1. The van der Waals surface area contributed by atoms with Gasteiger partial charge in [0.25, 0.3) is 5.91 Å². The Morgan fingerprint density at radius 3 is 2.51 bits per heavy atom. The Morgan fingerprint density at radius 2 is 1.83 bits per heavy atom. The highest BCUT2D eigenvalue weighted by atomic mass is 16.5. The first-order chi connectivity index (χ1) is 16.9. The van der Waals surface area contributed by atoms with Crippen molar-refractivity contribution in [3.63, 3.8) is 0 Å². The van der Waals surface area contributed by atoms with E-state index in [1.54, 1.807) is 31.4 Å². The second-order valence-corrected chi connectivity index (χ2v) is 10.5. The van der Waals surface area contributed by atoms with Crippen molar-refractivity contribution in [3.05, 3.63) is 64.7 Å². The third-order valence-electron chi connectivity index (χ3n) is 8.66. The smallest absolute Gasteiger partial charge is 0.337 e. The van der Waals surface area contributed by atoms with Crippen LogP contribution in [0, 0.1) is 11.8 Å². The minimum Gasteiger partial charge on any atom is -0.497 e. The van der Waals surface area contributed by atoms with Crippen molar-refractivity contribution in [1.29, 1.82) is 0 Å². The van der Waals surface area contributed by atoms with Crippen LogP contribution < -0.4 is 10.1 Å². The van der Waals surface area contributed by atoms with Gasteiger partial charge in [0.2, 0.25) is 0 Å². The Balaban J connectivity index is 1.33. The average molecular weight is 477 g/mol. The molecule has 1 saturated heterocycles. The number of fused-ring (bicyclic) bond motifs is 4. The van der Waals surface area contributed by atoms with Gasteiger partial charge in [-0.15, -0.1) is 0 Å². The molecule has 35 heavy (non-hydrogen) atoms. The summed E-state index contributed by atoms with van der Waals surface area (Å²) in [4.78, 5) is 27.3. The molecule has 2 aromatic carbocycles. The minimum atomic E-state index is -0.404. The molecule has 1 heterocycles. The van der Waals surface area contributed by atoms with Crippen LogP contribution in [0.2, 0.25) is 0 Å². The lowest BCUT2D eigenvalue weighted by Gasteiger charge is -2.56. The molecule has 5 rings (SSSR count). The first-order valence-electron chi connectivity index (χ1n) is 12.8. The Morgan fingerprint density at radius 1 is 1.09 bits per heavy atom. The van der Waals surface area contributed by atoms with Gasteiger partial charge in [-0.25, -0.2) is 4.79 Å². The number of nitrogens with one attached hydrogen (secondary N) is 1. The molecule has 0 radical (unpaired) electrons. The summed E-state index contributed by atoms with van der Waals surface area (Å²) in [5.74, 6) is 1.78. The first-order valence-corrected chi connectivity index (χ1v) is 12.8. The fourth-order valence-corrected chi connectivity index (χ4v) is 6.38. The molecule has 2 aromatic rings. The van der Waals surface area contributed by atoms with E-state index in [9.17, 15) is 9.59 Å². The molecule has 3 atom stereocenters. The zero-order chi connectivity index (χ0) is 24.6. The van der Waals surface area contributed by atoms with Crippen molar-refractivity contribution < 1.29 is 19.1 Å². The number of hydrogen-bond donors (Lipinski definition) is 1. The molecule has 186 valence electrons. The maximum atomic E-state index is 12.9. The van der Waals surface area contributed by atoms with Crippen LogP contribution in [0.25, 0.3) is 0 Å². The quantitative estimate of drug-likeness (QED) is 0.578. The number of esters is 1. The number of ether oxygens (including phenoxy) is 2. The highest BCUT2D eigenvalue weighted by Crippen LogP contribution is 2.52. The van der Waals surface area contributed by atoms with Gasteiger partial charge in [-0.1, -0.05) is 13.0 Å². The number of piperidine rings is 1. The monoisotopic (exact) mass is 476 g/mol. The molecule has 6 nitrogen and oxygen atoms in total. The van der Waals surface area contributed by atoms with Crippen LogP contribution in [0.5, 0.6) is 5.75 Å². The number of benzene rings is 2. The van der Waals surface area contributed by atoms with Crippen LogP contribution in [0.3, 0.4) is 0 Å². The standard InChI is InChI=1S/C29H36N2O4/c1-19-26-16-23-10-11-24(34-2)17-25(23)29(19,13-15-31(26)18-20-4-5-20)12-14-30-27(32)21-6-8-22(9-7-21)28(33)35-3/h6-11,17,19-20,26H,4-5,12-16,18H2,1-3H3,(H,30,32)/t19-,26+,29?/m0/s1. The van der Waals surface area contributed by atoms with Crippen LogP contribution in [0.4, 0.5) is 0 Å². The topological polar surface area (TPSA) is 67.9 Å². The zero-order valence-corrected chi connectivity index (χ0v) is 21.0. The molecule has 1 unspecified atom stereocenters. The number of carbonyl (C=O) groups excluding carboxylic acids is 2. The molecule has 1 aliphatic heterocycles. The second kappa shape index (κ2) is 9.65. The third kappa shape index (κ3) is 4.56. The summed E-state index contributed by atoms with van der Waals surface area (Å²) in [7, 11) is 3.08. The van der Waals surface area contributed by atoms with Gasteiger partial charge in [0, 0.05) is 30.1 Å². The number of methoxy groups -OCH3 is 2. The van der Waals surface area contributed by atoms with E-state index in [1.807, 2.05) is 0 Å². The van der Waals surface area contributed by atoms with Crippen LogP contribution in [0.1, 0.15) is 64.4 Å². The van der Waals surface area contributed by atoms with Crippen LogP contribution >= 0.6 is 0 Å². The molecule has 1 amide bonds. The van der Waals surface area contributed by atoms with Crippen LogP contribution in [-0.4, -0.2) is 56.7 Å². The average Bonchev–Trinajstić information content (AvgIpc) is 3.70. The Labute approximate surface area is 208 Å². The Kier molecular flexibility index (Phi) is 6.58. The molecular formula is C29H36N2O4. The summed E-state index contributed by atoms with van der Waals surface area (Å²) in [5.41, 5.74) is 3.84. The summed E-state index contributed by atoms with van der Waals surface area (Å²) < 4.78 is 10.3. The van der Waals surface area contributed by atoms with Gasteiger partial charge in [-0.2, -0.15) is 0 Å². The summed E-state index contributed by atoms with van der Waals surface area (Å²) in [5, 5.41) is 3.14. The van der Waals surface area contributed by atoms with E-state index in [0.29, 0.717) is 29.6 Å². The largest absolute Gasteiger partial charge is 0.497 e. The minimum absolute atomic E-state index is 0.0227. The molecule has 6 heteroatoms. The van der Waals surface area contributed by atoms with Crippen molar-refractivity contribution in [2.45, 2.75) is 50.5 Å². The van der Waals surface area contributed by atoms with Gasteiger partial charge < -0.3 is 14.8 Å². The number of likely N-dealkylation sites (tertiary alicyclic amines) is 1. The highest BCUT2D eigenvalue weighted by molar-refractivity contribution is 5.96. The lowest BCUT2D eigenvalue weighted by atomic mass is 9.56. The predicted octanol–water partition coefficient (Wildman–Crippen LogP) is 4.22. The van der Waals surface area contributed by atoms with Gasteiger partial charge in [0.05, 0.1) is 19.8 Å². The molecule has 0 spiro atoms. The molecule has 1 N–H and O–H groups in total. The van der Waals surface area contributed by atoms with Crippen LogP contribution in [-0.2, 0) is 16.6 Å². The third-order valence-corrected chi connectivity index (χ3v) is 8.66. The van der Waals surface area contributed by atoms with E-state index in [4.69, 9.17) is 9.47 Å². The molecule has 3 aliphatic rings. The second-order valence-electron chi connectivity index (χ2n) is 10.5. The van der Waals surface area contributed by atoms with Gasteiger partial charge in [0.15, 0.2) is 0 Å². The number of carbonyl (C=O) groups is 2. The predicted molar refractivity (Wildman–Crippen MR) is 135 cm³/mol. The number of rotatable bonds is 8. The fraction of sp³-hybridized carbons (Fsp3) is 0.517.